The van der Waals surface area contributed by atoms with Gasteiger partial charge in [0.15, 0.2) is 11.5 Å². The van der Waals surface area contributed by atoms with Crippen LogP contribution in [-0.2, 0) is 19.1 Å². The van der Waals surface area contributed by atoms with E-state index in [-0.39, 0.29) is 47.8 Å². The first kappa shape index (κ1) is 65.9. The summed E-state index contributed by atoms with van der Waals surface area (Å²) in [6.45, 7) is 16.1. The number of benzene rings is 3. The van der Waals surface area contributed by atoms with E-state index in [1.807, 2.05) is 72.9 Å². The van der Waals surface area contributed by atoms with Crippen LogP contribution in [0.2, 0.25) is 0 Å². The Morgan fingerprint density at radius 2 is 1.16 bits per heavy atom. The Morgan fingerprint density at radius 3 is 1.69 bits per heavy atom. The van der Waals surface area contributed by atoms with Crippen LogP contribution >= 0.6 is 0 Å². The molecule has 9 amide bonds. The summed E-state index contributed by atoms with van der Waals surface area (Å²) in [5.41, 5.74) is 5.30. The molecule has 8 aromatic rings. The third-order valence-electron chi connectivity index (χ3n) is 21.3. The molecule has 0 radical (unpaired) electrons. The van der Waals surface area contributed by atoms with E-state index in [4.69, 9.17) is 14.6 Å². The Hall–Kier alpha value is -9.36. The Kier molecular flexibility index (Phi) is 19.0. The summed E-state index contributed by atoms with van der Waals surface area (Å²) in [7, 11) is 1.55. The highest BCUT2D eigenvalue weighted by Crippen LogP contribution is 2.39. The molecule has 1 saturated carbocycles. The normalized spacial score (nSPS) is 21.0. The topological polar surface area (TPSA) is 251 Å². The van der Waals surface area contributed by atoms with Crippen molar-refractivity contribution in [2.75, 3.05) is 101 Å². The Bertz CT molecular complexity index is 4280. The summed E-state index contributed by atoms with van der Waals surface area (Å²) in [5, 5.41) is 19.9. The van der Waals surface area contributed by atoms with Crippen LogP contribution in [-0.4, -0.2) is 186 Å². The lowest BCUT2D eigenvalue weighted by Crippen LogP contribution is -2.49. The predicted molar refractivity (Wildman–Crippen MR) is 372 cm³/mol. The van der Waals surface area contributed by atoms with Gasteiger partial charge in [0.05, 0.1) is 52.8 Å². The molecule has 3 N–H and O–H groups in total. The minimum atomic E-state index is -0.451. The van der Waals surface area contributed by atoms with Crippen LogP contribution in [0.4, 0.5) is 31.6 Å². The lowest BCUT2D eigenvalue weighted by atomic mass is 9.84. The van der Waals surface area contributed by atoms with Crippen LogP contribution in [0.3, 0.4) is 0 Å². The van der Waals surface area contributed by atoms with E-state index in [0.29, 0.717) is 78.5 Å². The molecule has 11 heterocycles. The smallest absolute Gasteiger partial charge is 0.410 e. The Balaban J connectivity index is 0.000000190. The van der Waals surface area contributed by atoms with Crippen molar-refractivity contribution in [3.8, 4) is 5.75 Å². The molecular formula is C73H90N16O9. The average Bonchev–Trinajstić information content (AvgIpc) is 1.62. The first-order chi connectivity index (χ1) is 47.5. The summed E-state index contributed by atoms with van der Waals surface area (Å²) in [6, 6.07) is 23.9. The van der Waals surface area contributed by atoms with Gasteiger partial charge in [0.2, 0.25) is 17.7 Å². The second-order valence-corrected chi connectivity index (χ2v) is 28.7. The van der Waals surface area contributed by atoms with E-state index in [9.17, 15) is 33.6 Å². The third kappa shape index (κ3) is 14.2. The summed E-state index contributed by atoms with van der Waals surface area (Å²) >= 11 is 0. The molecule has 7 aliphatic rings. The van der Waals surface area contributed by atoms with Gasteiger partial charge in [0.25, 0.3) is 5.91 Å². The largest absolute Gasteiger partial charge is 0.496 e. The fourth-order valence-corrected chi connectivity index (χ4v) is 16.0. The zero-order valence-corrected chi connectivity index (χ0v) is 56.7. The highest BCUT2D eigenvalue weighted by atomic mass is 16.6. The van der Waals surface area contributed by atoms with E-state index >= 15 is 0 Å². The molecule has 7 fully saturated rings. The van der Waals surface area contributed by atoms with Crippen LogP contribution in [0.5, 0.6) is 5.75 Å². The second kappa shape index (κ2) is 28.2. The molecule has 6 aliphatic heterocycles. The monoisotopic (exact) mass is 1330 g/mol. The van der Waals surface area contributed by atoms with E-state index in [1.165, 1.54) is 0 Å². The SMILES string of the molecule is CC(C)(C)OC(=O)N1CCC(CN2CCC(n3ccc4c(N5CCC(=O)NC5=O)cccc43)CC2)CC1.COc1cc2nn(C3CCC(C(=O)N4CCC(CN5CCC(n6ccc7c(N8CCC(=O)NC8=O)cccc76)CC5)CC4)CC3)cc2cc1C(=O)Nc1cnc2cccnn12. The molecule has 0 bridgehead atoms. The number of nitrogens with zero attached hydrogens (tertiary/aromatic N) is 13. The average molecular weight is 1340 g/mol. The van der Waals surface area contributed by atoms with Crippen LogP contribution in [0.15, 0.2) is 104 Å². The standard InChI is InChI=1S/C45H51N11O5.C28H39N5O4/c1-61-39-25-36-31(24-35(39)43(58)48-41-26-46-40-6-3-17-47-56(40)41)28-55(50-36)33-9-7-30(8-10-33)44(59)52-20-11-29(12-21-52)27-51-18-13-32(14-19-51)53-22-15-34-37(53)4-2-5-38(34)54-23-16-42(57)49-45(54)60;1-28(2,3)37-27(36)31-15-7-20(8-16-31)19-30-13-9-21(10-14-30)32-17-11-22-23(32)5-4-6-24(22)33-18-12-25(34)29-26(33)35/h2-6,15,17,22,24-26,28-30,32-33H,7-14,16,18-21,23,27H2,1H3,(H,48,58)(H,49,57,60);4-6,11,17,20-21H,7-10,12-16,18-19H2,1-3H3,(H,29,34,35). The maximum Gasteiger partial charge on any atom is 0.410 e. The number of urea groups is 2. The molecule has 5 aromatic heterocycles. The highest BCUT2D eigenvalue weighted by molar-refractivity contribution is 6.11. The molecule has 25 nitrogen and oxygen atoms in total. The lowest BCUT2D eigenvalue weighted by Gasteiger charge is -2.39. The first-order valence-corrected chi connectivity index (χ1v) is 35.3. The van der Waals surface area contributed by atoms with Crippen molar-refractivity contribution >= 4 is 97.3 Å². The number of ether oxygens (including phenoxy) is 2. The Labute approximate surface area is 569 Å². The van der Waals surface area contributed by atoms with Crippen molar-refractivity contribution in [1.29, 1.82) is 0 Å². The van der Waals surface area contributed by atoms with Gasteiger partial charge >= 0.3 is 18.2 Å². The maximum absolute atomic E-state index is 13.8. The van der Waals surface area contributed by atoms with E-state index in [1.54, 1.807) is 46.0 Å². The fraction of sp³-hybridized carbons (Fsp3) is 0.507. The molecule has 15 rings (SSSR count). The number of nitrogens with one attached hydrogen (secondary N) is 3. The summed E-state index contributed by atoms with van der Waals surface area (Å²) in [5.74, 6) is 1.70. The number of carbonyl (C=O) groups is 7. The molecule has 6 saturated heterocycles. The number of aromatic nitrogens is 7. The number of imide groups is 2. The van der Waals surface area contributed by atoms with Gasteiger partial charge in [-0.2, -0.15) is 14.7 Å². The number of imidazole rings is 1. The minimum absolute atomic E-state index is 0.0448. The summed E-state index contributed by atoms with van der Waals surface area (Å²) < 4.78 is 19.5. The number of rotatable bonds is 13. The van der Waals surface area contributed by atoms with Gasteiger partial charge < -0.3 is 43.5 Å². The highest BCUT2D eigenvalue weighted by Gasteiger charge is 2.36. The van der Waals surface area contributed by atoms with Crippen molar-refractivity contribution in [1.82, 2.24) is 63.7 Å². The van der Waals surface area contributed by atoms with E-state index in [2.05, 4.69) is 86.5 Å². The molecule has 1 aliphatic carbocycles. The number of methoxy groups -OCH3 is 1. The number of carbonyl (C=O) groups excluding carboxylic acids is 7. The Morgan fingerprint density at radius 1 is 0.612 bits per heavy atom. The molecule has 0 unspecified atom stereocenters. The van der Waals surface area contributed by atoms with Crippen LogP contribution in [0.1, 0.15) is 139 Å². The van der Waals surface area contributed by atoms with Gasteiger partial charge in [0.1, 0.15) is 11.4 Å². The zero-order valence-electron chi connectivity index (χ0n) is 56.7. The van der Waals surface area contributed by atoms with Crippen molar-refractivity contribution in [3.05, 3.63) is 109 Å². The number of amides is 9. The van der Waals surface area contributed by atoms with E-state index < -0.39 is 5.60 Å². The third-order valence-corrected chi connectivity index (χ3v) is 21.3. The van der Waals surface area contributed by atoms with Gasteiger partial charge in [-0.05, 0) is 164 Å². The summed E-state index contributed by atoms with van der Waals surface area (Å²) in [6.07, 6.45) is 21.8. The number of hydrogen-bond donors (Lipinski definition) is 3. The molecule has 98 heavy (non-hydrogen) atoms. The number of likely N-dealkylation sites (tertiary alicyclic amines) is 4. The lowest BCUT2D eigenvalue weighted by molar-refractivity contribution is -0.138. The van der Waals surface area contributed by atoms with Crippen molar-refractivity contribution in [2.45, 2.75) is 134 Å². The van der Waals surface area contributed by atoms with Crippen LogP contribution < -0.4 is 30.5 Å². The summed E-state index contributed by atoms with van der Waals surface area (Å²) in [4.78, 5) is 105. The second-order valence-electron chi connectivity index (χ2n) is 28.7. The van der Waals surface area contributed by atoms with Crippen molar-refractivity contribution < 1.29 is 43.0 Å². The molecule has 0 spiro atoms. The van der Waals surface area contributed by atoms with E-state index in [0.717, 1.165) is 187 Å². The van der Waals surface area contributed by atoms with Gasteiger partial charge in [-0.25, -0.2) is 19.4 Å². The van der Waals surface area contributed by atoms with Crippen molar-refractivity contribution in [3.63, 3.8) is 0 Å². The number of hydrogen-bond acceptors (Lipinski definition) is 14. The molecule has 0 atom stereocenters. The fourth-order valence-electron chi connectivity index (χ4n) is 16.0. The predicted octanol–water partition coefficient (Wildman–Crippen LogP) is 10.4. The van der Waals surface area contributed by atoms with Gasteiger partial charge in [-0.1, -0.05) is 12.1 Å². The van der Waals surface area contributed by atoms with Crippen LogP contribution in [0, 0.1) is 17.8 Å². The molecule has 25 heteroatoms. The molecule has 516 valence electrons. The van der Waals surface area contributed by atoms with Gasteiger partial charge in [-0.15, -0.1) is 0 Å². The van der Waals surface area contributed by atoms with Gasteiger partial charge in [0, 0.05) is 156 Å². The minimum Gasteiger partial charge on any atom is -0.496 e. The number of anilines is 3. The first-order valence-electron chi connectivity index (χ1n) is 35.3. The quantitative estimate of drug-likeness (QED) is 0.0971. The molecular weight excluding hydrogens is 1240 g/mol. The number of piperidine rings is 4. The molecule has 3 aromatic carbocycles. The van der Waals surface area contributed by atoms with Crippen LogP contribution in [0.25, 0.3) is 38.4 Å². The van der Waals surface area contributed by atoms with Gasteiger partial charge in [-0.3, -0.25) is 44.3 Å². The maximum atomic E-state index is 13.8. The number of fused-ring (bicyclic) bond motifs is 4. The van der Waals surface area contributed by atoms with Crippen molar-refractivity contribution in [2.24, 2.45) is 17.8 Å². The zero-order chi connectivity index (χ0) is 67.8.